The monoisotopic (exact) mass is 350 g/mol. The smallest absolute Gasteiger partial charge is 0.0391 e. The van der Waals surface area contributed by atoms with Gasteiger partial charge in [-0.3, -0.25) is 4.90 Å². The summed E-state index contributed by atoms with van der Waals surface area (Å²) in [4.78, 5) is 2.81. The zero-order valence-corrected chi connectivity index (χ0v) is 14.8. The van der Waals surface area contributed by atoms with E-state index >= 15 is 0 Å². The highest BCUT2D eigenvalue weighted by Gasteiger charge is 2.39. The first-order valence-electron chi connectivity index (χ1n) is 8.37. The first kappa shape index (κ1) is 15.5. The van der Waals surface area contributed by atoms with Crippen LogP contribution in [0.4, 0.5) is 0 Å². The molecule has 0 radical (unpaired) electrons. The molecule has 2 fully saturated rings. The van der Waals surface area contributed by atoms with Crippen LogP contribution in [-0.2, 0) is 0 Å². The largest absolute Gasteiger partial charge is 0.319 e. The van der Waals surface area contributed by atoms with Gasteiger partial charge in [-0.15, -0.1) is 0 Å². The van der Waals surface area contributed by atoms with Crippen LogP contribution in [0.2, 0.25) is 0 Å². The molecular weight excluding hydrogens is 324 g/mol. The van der Waals surface area contributed by atoms with Crippen molar-refractivity contribution in [1.29, 1.82) is 0 Å². The number of hydrogen-bond donors (Lipinski definition) is 1. The lowest BCUT2D eigenvalue weighted by Crippen LogP contribution is -2.37. The average molecular weight is 351 g/mol. The fourth-order valence-corrected chi connectivity index (χ4v) is 4.21. The van der Waals surface area contributed by atoms with Crippen molar-refractivity contribution in [2.45, 2.75) is 51.1 Å². The molecule has 21 heavy (non-hydrogen) atoms. The van der Waals surface area contributed by atoms with Crippen LogP contribution < -0.4 is 5.32 Å². The van der Waals surface area contributed by atoms with E-state index in [1.807, 2.05) is 0 Å². The molecule has 0 spiro atoms. The quantitative estimate of drug-likeness (QED) is 0.871. The topological polar surface area (TPSA) is 15.3 Å². The van der Waals surface area contributed by atoms with Crippen LogP contribution in [0.25, 0.3) is 0 Å². The third-order valence-corrected chi connectivity index (χ3v) is 5.92. The highest BCUT2D eigenvalue weighted by Crippen LogP contribution is 2.42. The molecule has 1 N–H and O–H groups in total. The van der Waals surface area contributed by atoms with E-state index in [-0.39, 0.29) is 0 Å². The van der Waals surface area contributed by atoms with E-state index in [9.17, 15) is 0 Å². The minimum absolute atomic E-state index is 0.587. The Kier molecular flexibility index (Phi) is 5.03. The molecule has 0 amide bonds. The summed E-state index contributed by atoms with van der Waals surface area (Å²) in [6.45, 7) is 4.57. The van der Waals surface area contributed by atoms with Crippen molar-refractivity contribution in [2.75, 3.05) is 20.1 Å². The van der Waals surface area contributed by atoms with Crippen molar-refractivity contribution in [2.24, 2.45) is 5.92 Å². The lowest BCUT2D eigenvalue weighted by Gasteiger charge is -2.36. The van der Waals surface area contributed by atoms with Crippen molar-refractivity contribution < 1.29 is 0 Å². The van der Waals surface area contributed by atoms with Gasteiger partial charge in [0.05, 0.1) is 0 Å². The van der Waals surface area contributed by atoms with Gasteiger partial charge in [-0.2, -0.15) is 0 Å². The van der Waals surface area contributed by atoms with E-state index < -0.39 is 0 Å². The van der Waals surface area contributed by atoms with E-state index in [1.165, 1.54) is 54.2 Å². The van der Waals surface area contributed by atoms with E-state index in [2.05, 4.69) is 58.3 Å². The Bertz CT molecular complexity index is 484. The maximum Gasteiger partial charge on any atom is 0.0391 e. The molecule has 2 unspecified atom stereocenters. The van der Waals surface area contributed by atoms with Gasteiger partial charge in [0.1, 0.15) is 0 Å². The second-order valence-electron chi connectivity index (χ2n) is 6.74. The van der Waals surface area contributed by atoms with Gasteiger partial charge in [0.15, 0.2) is 0 Å². The van der Waals surface area contributed by atoms with Gasteiger partial charge in [0, 0.05) is 16.6 Å². The zero-order chi connectivity index (χ0) is 14.8. The second-order valence-corrected chi connectivity index (χ2v) is 7.59. The van der Waals surface area contributed by atoms with Crippen LogP contribution in [0.5, 0.6) is 0 Å². The summed E-state index contributed by atoms with van der Waals surface area (Å²) < 4.78 is 1.25. The Hall–Kier alpha value is -0.380. The van der Waals surface area contributed by atoms with E-state index in [0.717, 1.165) is 18.5 Å². The number of halogens is 1. The molecular formula is C18H27BrN2. The fourth-order valence-electron chi connectivity index (χ4n) is 3.82. The van der Waals surface area contributed by atoms with E-state index in [4.69, 9.17) is 0 Å². The summed E-state index contributed by atoms with van der Waals surface area (Å²) in [5.41, 5.74) is 2.83. The highest BCUT2D eigenvalue weighted by atomic mass is 79.9. The Morgan fingerprint density at radius 3 is 2.71 bits per heavy atom. The van der Waals surface area contributed by atoms with Crippen LogP contribution in [0.1, 0.15) is 49.3 Å². The molecule has 2 nitrogen and oxygen atoms in total. The molecule has 0 aromatic heterocycles. The van der Waals surface area contributed by atoms with Gasteiger partial charge in [-0.25, -0.2) is 0 Å². The third-order valence-electron chi connectivity index (χ3n) is 5.06. The molecule has 2 atom stereocenters. The molecule has 1 aliphatic carbocycles. The summed E-state index contributed by atoms with van der Waals surface area (Å²) in [5, 5.41) is 3.43. The Labute approximate surface area is 137 Å². The van der Waals surface area contributed by atoms with Gasteiger partial charge >= 0.3 is 0 Å². The number of nitrogens with zero attached hydrogens (tertiary/aromatic N) is 1. The summed E-state index contributed by atoms with van der Waals surface area (Å²) in [7, 11) is 2.09. The van der Waals surface area contributed by atoms with Crippen molar-refractivity contribution in [1.82, 2.24) is 10.2 Å². The standard InChI is InChI=1S/C18H27BrN2/c1-13-6-7-14(11-17(13)19)18-15(12-20-2)5-3-4-10-21(18)16-8-9-16/h6-7,11,15-16,18,20H,3-5,8-10,12H2,1-2H3. The first-order chi connectivity index (χ1) is 10.2. The second kappa shape index (κ2) is 6.80. The predicted molar refractivity (Wildman–Crippen MR) is 92.6 cm³/mol. The molecule has 1 heterocycles. The predicted octanol–water partition coefficient (Wildman–Crippen LogP) is 4.28. The molecule has 1 saturated carbocycles. The molecule has 3 heteroatoms. The van der Waals surface area contributed by atoms with Crippen LogP contribution in [0.3, 0.4) is 0 Å². The van der Waals surface area contributed by atoms with Crippen molar-refractivity contribution >= 4 is 15.9 Å². The van der Waals surface area contributed by atoms with Crippen LogP contribution >= 0.6 is 15.9 Å². The Balaban J connectivity index is 1.94. The number of nitrogens with one attached hydrogen (secondary N) is 1. The van der Waals surface area contributed by atoms with Gasteiger partial charge in [-0.05, 0) is 75.9 Å². The maximum absolute atomic E-state index is 3.73. The summed E-state index contributed by atoms with van der Waals surface area (Å²) in [6, 6.07) is 8.42. The van der Waals surface area contributed by atoms with Crippen LogP contribution in [-0.4, -0.2) is 31.1 Å². The minimum atomic E-state index is 0.587. The molecule has 1 aromatic carbocycles. The minimum Gasteiger partial charge on any atom is -0.319 e. The normalized spacial score (nSPS) is 27.6. The lowest BCUT2D eigenvalue weighted by molar-refractivity contribution is 0.145. The highest BCUT2D eigenvalue weighted by molar-refractivity contribution is 9.10. The van der Waals surface area contributed by atoms with Gasteiger partial charge in [0.25, 0.3) is 0 Å². The fraction of sp³-hybridized carbons (Fsp3) is 0.667. The molecule has 0 bridgehead atoms. The van der Waals surface area contributed by atoms with Crippen molar-refractivity contribution in [3.8, 4) is 0 Å². The molecule has 3 rings (SSSR count). The average Bonchev–Trinajstić information content (AvgIpc) is 3.28. The zero-order valence-electron chi connectivity index (χ0n) is 13.2. The van der Waals surface area contributed by atoms with Crippen LogP contribution in [0.15, 0.2) is 22.7 Å². The number of hydrogen-bond acceptors (Lipinski definition) is 2. The number of aryl methyl sites for hydroxylation is 1. The van der Waals surface area contributed by atoms with Gasteiger partial charge < -0.3 is 5.32 Å². The number of rotatable bonds is 4. The molecule has 2 aliphatic rings. The molecule has 116 valence electrons. The third kappa shape index (κ3) is 3.52. The first-order valence-corrected chi connectivity index (χ1v) is 9.16. The Morgan fingerprint density at radius 2 is 2.05 bits per heavy atom. The van der Waals surface area contributed by atoms with Gasteiger partial charge in [0.2, 0.25) is 0 Å². The summed E-state index contributed by atoms with van der Waals surface area (Å²) in [6.07, 6.45) is 6.88. The van der Waals surface area contributed by atoms with E-state index in [0.29, 0.717) is 6.04 Å². The SMILES string of the molecule is CNCC1CCCCN(C2CC2)C1c1ccc(C)c(Br)c1. The lowest BCUT2D eigenvalue weighted by atomic mass is 9.88. The number of benzene rings is 1. The summed E-state index contributed by atoms with van der Waals surface area (Å²) in [5.74, 6) is 0.729. The van der Waals surface area contributed by atoms with Crippen molar-refractivity contribution in [3.63, 3.8) is 0 Å². The molecule has 1 aliphatic heterocycles. The van der Waals surface area contributed by atoms with E-state index in [1.54, 1.807) is 0 Å². The maximum atomic E-state index is 3.73. The number of likely N-dealkylation sites (tertiary alicyclic amines) is 1. The molecule has 1 saturated heterocycles. The summed E-state index contributed by atoms with van der Waals surface area (Å²) >= 11 is 3.73. The van der Waals surface area contributed by atoms with Gasteiger partial charge in [-0.1, -0.05) is 34.5 Å². The van der Waals surface area contributed by atoms with Crippen LogP contribution in [0, 0.1) is 12.8 Å². The Morgan fingerprint density at radius 1 is 1.24 bits per heavy atom. The molecule has 1 aromatic rings. The van der Waals surface area contributed by atoms with Crippen molar-refractivity contribution in [3.05, 3.63) is 33.8 Å².